The van der Waals surface area contributed by atoms with Gasteiger partial charge in [-0.05, 0) is 57.5 Å². The van der Waals surface area contributed by atoms with E-state index in [0.717, 1.165) is 0 Å². The lowest BCUT2D eigenvalue weighted by molar-refractivity contribution is -0.192. The molecule has 0 aliphatic carbocycles. The number of halogens is 3. The van der Waals surface area contributed by atoms with Crippen LogP contribution in [0.15, 0.2) is 47.4 Å². The third kappa shape index (κ3) is 10.2. The van der Waals surface area contributed by atoms with Crippen LogP contribution in [0, 0.1) is 6.92 Å². The number of carboxylic acid groups (broad SMARTS) is 2. The number of aliphatic carboxylic acids is 1. The predicted octanol–water partition coefficient (Wildman–Crippen LogP) is 3.16. The number of nitrogens with one attached hydrogen (secondary N) is 2. The SMILES string of the molecule is Cc1ccccc1S(=O)(=O)Nc1cc(C(=O)O)ccc1N1CCN(CC(=O)NC(C)(C)C)CC1.O=C(O)C(F)(F)F. The summed E-state index contributed by atoms with van der Waals surface area (Å²) in [6.45, 7) is 10.1. The Bertz CT molecular complexity index is 1370. The van der Waals surface area contributed by atoms with Crippen molar-refractivity contribution in [2.75, 3.05) is 42.3 Å². The fourth-order valence-corrected chi connectivity index (χ4v) is 5.20. The Kier molecular flexibility index (Phi) is 10.7. The maximum absolute atomic E-state index is 13.1. The van der Waals surface area contributed by atoms with Crippen LogP contribution in [-0.4, -0.2) is 85.8 Å². The summed E-state index contributed by atoms with van der Waals surface area (Å²) in [5.74, 6) is -3.94. The van der Waals surface area contributed by atoms with Crippen molar-refractivity contribution < 1.29 is 46.2 Å². The number of hydrogen-bond donors (Lipinski definition) is 4. The minimum absolute atomic E-state index is 0.0104. The van der Waals surface area contributed by atoms with Crippen molar-refractivity contribution in [1.29, 1.82) is 0 Å². The number of amides is 1. The first-order valence-corrected chi connectivity index (χ1v) is 13.8. The van der Waals surface area contributed by atoms with Crippen molar-refractivity contribution in [3.05, 3.63) is 53.6 Å². The van der Waals surface area contributed by atoms with Crippen molar-refractivity contribution in [3.63, 3.8) is 0 Å². The van der Waals surface area contributed by atoms with Gasteiger partial charge in [0.25, 0.3) is 10.0 Å². The van der Waals surface area contributed by atoms with E-state index in [0.29, 0.717) is 37.4 Å². The Labute approximate surface area is 236 Å². The maximum Gasteiger partial charge on any atom is 0.490 e. The molecule has 15 heteroatoms. The minimum Gasteiger partial charge on any atom is -0.478 e. The summed E-state index contributed by atoms with van der Waals surface area (Å²) in [7, 11) is -3.92. The number of sulfonamides is 1. The number of carboxylic acids is 2. The number of piperazine rings is 1. The van der Waals surface area contributed by atoms with Gasteiger partial charge in [-0.2, -0.15) is 13.2 Å². The number of alkyl halides is 3. The zero-order valence-electron chi connectivity index (χ0n) is 22.9. The summed E-state index contributed by atoms with van der Waals surface area (Å²) in [5, 5.41) is 19.5. The Morgan fingerprint density at radius 3 is 2.00 bits per heavy atom. The molecule has 41 heavy (non-hydrogen) atoms. The first-order chi connectivity index (χ1) is 18.8. The number of carbonyl (C=O) groups is 3. The molecule has 2 aromatic carbocycles. The molecule has 0 unspecified atom stereocenters. The third-order valence-electron chi connectivity index (χ3n) is 5.71. The summed E-state index contributed by atoms with van der Waals surface area (Å²) >= 11 is 0. The minimum atomic E-state index is -5.08. The molecule has 0 spiro atoms. The van der Waals surface area contributed by atoms with Crippen LogP contribution in [0.3, 0.4) is 0 Å². The van der Waals surface area contributed by atoms with Gasteiger partial charge >= 0.3 is 18.1 Å². The first-order valence-electron chi connectivity index (χ1n) is 12.3. The van der Waals surface area contributed by atoms with Gasteiger partial charge in [0.2, 0.25) is 5.91 Å². The fraction of sp³-hybridized carbons (Fsp3) is 0.423. The molecule has 226 valence electrons. The highest BCUT2D eigenvalue weighted by molar-refractivity contribution is 7.92. The van der Waals surface area contributed by atoms with Gasteiger partial charge < -0.3 is 20.4 Å². The van der Waals surface area contributed by atoms with E-state index >= 15 is 0 Å². The van der Waals surface area contributed by atoms with Crippen LogP contribution in [0.2, 0.25) is 0 Å². The van der Waals surface area contributed by atoms with Crippen LogP contribution >= 0.6 is 0 Å². The van der Waals surface area contributed by atoms with Crippen LogP contribution in [0.1, 0.15) is 36.7 Å². The smallest absolute Gasteiger partial charge is 0.478 e. The fourth-order valence-electron chi connectivity index (χ4n) is 3.89. The lowest BCUT2D eigenvalue weighted by atomic mass is 10.1. The summed E-state index contributed by atoms with van der Waals surface area (Å²) in [6.07, 6.45) is -5.08. The van der Waals surface area contributed by atoms with Crippen LogP contribution < -0.4 is 14.9 Å². The molecule has 0 aromatic heterocycles. The van der Waals surface area contributed by atoms with Crippen molar-refractivity contribution in [1.82, 2.24) is 10.2 Å². The molecule has 4 N–H and O–H groups in total. The van der Waals surface area contributed by atoms with Crippen LogP contribution in [0.5, 0.6) is 0 Å². The second-order valence-corrected chi connectivity index (χ2v) is 11.9. The molecule has 0 bridgehead atoms. The van der Waals surface area contributed by atoms with Gasteiger partial charge in [-0.3, -0.25) is 14.4 Å². The molecule has 1 heterocycles. The number of hydrogen-bond acceptors (Lipinski definition) is 7. The normalized spacial score (nSPS) is 14.5. The van der Waals surface area contributed by atoms with Gasteiger partial charge in [-0.25, -0.2) is 18.0 Å². The van der Waals surface area contributed by atoms with Gasteiger partial charge in [0.05, 0.1) is 28.4 Å². The number of aryl methyl sites for hydroxylation is 1. The lowest BCUT2D eigenvalue weighted by Gasteiger charge is -2.37. The van der Waals surface area contributed by atoms with Gasteiger partial charge in [-0.1, -0.05) is 18.2 Å². The largest absolute Gasteiger partial charge is 0.490 e. The molecular formula is C26H33F3N4O7S. The molecule has 0 radical (unpaired) electrons. The summed E-state index contributed by atoms with van der Waals surface area (Å²) in [5.41, 5.74) is 1.09. The van der Waals surface area contributed by atoms with E-state index in [2.05, 4.69) is 10.0 Å². The first kappa shape index (κ1) is 33.4. The van der Waals surface area contributed by atoms with E-state index in [-0.39, 0.29) is 34.1 Å². The summed E-state index contributed by atoms with van der Waals surface area (Å²) in [4.78, 5) is 36.9. The Balaban J connectivity index is 0.000000745. The van der Waals surface area contributed by atoms with E-state index in [1.54, 1.807) is 31.2 Å². The quantitative estimate of drug-likeness (QED) is 0.374. The summed E-state index contributed by atoms with van der Waals surface area (Å²) < 4.78 is 60.5. The van der Waals surface area contributed by atoms with Crippen molar-refractivity contribution >= 4 is 39.2 Å². The Hall–Kier alpha value is -3.85. The Morgan fingerprint density at radius 2 is 1.51 bits per heavy atom. The Morgan fingerprint density at radius 1 is 0.951 bits per heavy atom. The lowest BCUT2D eigenvalue weighted by Crippen LogP contribution is -2.51. The molecule has 0 atom stereocenters. The van der Waals surface area contributed by atoms with E-state index in [1.807, 2.05) is 30.6 Å². The highest BCUT2D eigenvalue weighted by Gasteiger charge is 2.38. The van der Waals surface area contributed by atoms with E-state index < -0.39 is 28.1 Å². The second kappa shape index (κ2) is 13.2. The molecule has 11 nitrogen and oxygen atoms in total. The highest BCUT2D eigenvalue weighted by Crippen LogP contribution is 2.31. The van der Waals surface area contributed by atoms with Crippen LogP contribution in [-0.2, 0) is 19.6 Å². The molecule has 0 saturated carbocycles. The molecule has 3 rings (SSSR count). The van der Waals surface area contributed by atoms with Crippen molar-refractivity contribution in [2.45, 2.75) is 44.3 Å². The molecule has 1 amide bonds. The number of benzene rings is 2. The highest BCUT2D eigenvalue weighted by atomic mass is 32.2. The van der Waals surface area contributed by atoms with Gasteiger partial charge in [0, 0.05) is 31.7 Å². The van der Waals surface area contributed by atoms with E-state index in [9.17, 15) is 36.3 Å². The molecule has 1 fully saturated rings. The molecule has 1 aliphatic heterocycles. The maximum atomic E-state index is 13.1. The standard InChI is InChI=1S/C24H32N4O5S.C2HF3O2/c1-17-7-5-6-8-21(17)34(32,33)26-19-15-18(23(30)31)9-10-20(19)28-13-11-27(12-14-28)16-22(29)25-24(2,3)4;3-2(4,5)1(6)7/h5-10,15,26H,11-14,16H2,1-4H3,(H,25,29)(H,30,31);(H,6,7). The number of rotatable bonds is 7. The van der Waals surface area contributed by atoms with Gasteiger partial charge in [0.1, 0.15) is 0 Å². The van der Waals surface area contributed by atoms with E-state index in [4.69, 9.17) is 9.90 Å². The van der Waals surface area contributed by atoms with Crippen molar-refractivity contribution in [3.8, 4) is 0 Å². The van der Waals surface area contributed by atoms with E-state index in [1.165, 1.54) is 18.2 Å². The summed E-state index contributed by atoms with van der Waals surface area (Å²) in [6, 6.07) is 11.1. The number of anilines is 2. The molecule has 1 saturated heterocycles. The monoisotopic (exact) mass is 602 g/mol. The average Bonchev–Trinajstić information content (AvgIpc) is 2.83. The molecule has 1 aliphatic rings. The molecular weight excluding hydrogens is 569 g/mol. The van der Waals surface area contributed by atoms with Crippen LogP contribution in [0.4, 0.5) is 24.5 Å². The number of aromatic carboxylic acids is 1. The van der Waals surface area contributed by atoms with Gasteiger partial charge in [-0.15, -0.1) is 0 Å². The topological polar surface area (TPSA) is 156 Å². The van der Waals surface area contributed by atoms with Crippen LogP contribution in [0.25, 0.3) is 0 Å². The second-order valence-electron chi connectivity index (χ2n) is 10.3. The average molecular weight is 603 g/mol. The number of nitrogens with zero attached hydrogens (tertiary/aromatic N) is 2. The zero-order chi connectivity index (χ0) is 31.2. The van der Waals surface area contributed by atoms with Gasteiger partial charge in [0.15, 0.2) is 0 Å². The third-order valence-corrected chi connectivity index (χ3v) is 7.23. The number of carbonyl (C=O) groups excluding carboxylic acids is 1. The molecule has 2 aromatic rings. The van der Waals surface area contributed by atoms with Crippen molar-refractivity contribution in [2.24, 2.45) is 0 Å². The zero-order valence-corrected chi connectivity index (χ0v) is 23.8. The predicted molar refractivity (Wildman–Crippen MR) is 146 cm³/mol.